The van der Waals surface area contributed by atoms with Crippen LogP contribution in [0.2, 0.25) is 5.02 Å². The molecule has 108 valence electrons. The van der Waals surface area contributed by atoms with Gasteiger partial charge in [0.2, 0.25) is 0 Å². The van der Waals surface area contributed by atoms with Crippen molar-refractivity contribution in [1.82, 2.24) is 0 Å². The summed E-state index contributed by atoms with van der Waals surface area (Å²) in [7, 11) is 0. The van der Waals surface area contributed by atoms with Gasteiger partial charge < -0.3 is 9.84 Å². The van der Waals surface area contributed by atoms with Crippen LogP contribution in [0.15, 0.2) is 42.5 Å². The van der Waals surface area contributed by atoms with Crippen molar-refractivity contribution in [2.75, 3.05) is 0 Å². The predicted octanol–water partition coefficient (Wildman–Crippen LogP) is 4.85. The maximum atomic E-state index is 10.7. The lowest BCUT2D eigenvalue weighted by Crippen LogP contribution is -1.93. The summed E-state index contributed by atoms with van der Waals surface area (Å²) in [6.45, 7) is 3.92. The number of rotatable bonds is 4. The lowest BCUT2D eigenvalue weighted by atomic mass is 10.1. The van der Waals surface area contributed by atoms with Crippen molar-refractivity contribution in [1.29, 1.82) is 0 Å². The Bertz CT molecular complexity index is 705. The molecule has 0 aliphatic heterocycles. The van der Waals surface area contributed by atoms with Gasteiger partial charge in [0.15, 0.2) is 5.75 Å². The van der Waals surface area contributed by atoms with E-state index in [1.165, 1.54) is 6.08 Å². The lowest BCUT2D eigenvalue weighted by molar-refractivity contribution is -0.131. The molecule has 1 N–H and O–H groups in total. The fourth-order valence-corrected chi connectivity index (χ4v) is 2.07. The Balaban J connectivity index is 2.43. The molecule has 21 heavy (non-hydrogen) atoms. The quantitative estimate of drug-likeness (QED) is 0.821. The predicted molar refractivity (Wildman–Crippen MR) is 84.1 cm³/mol. The summed E-state index contributed by atoms with van der Waals surface area (Å²) < 4.78 is 5.91. The zero-order chi connectivity index (χ0) is 15.4. The van der Waals surface area contributed by atoms with E-state index in [-0.39, 0.29) is 0 Å². The van der Waals surface area contributed by atoms with Gasteiger partial charge in [-0.3, -0.25) is 0 Å². The monoisotopic (exact) mass is 302 g/mol. The van der Waals surface area contributed by atoms with Crippen LogP contribution in [-0.2, 0) is 4.79 Å². The van der Waals surface area contributed by atoms with E-state index in [2.05, 4.69) is 0 Å². The van der Waals surface area contributed by atoms with Gasteiger partial charge in [0.05, 0.1) is 5.02 Å². The standard InChI is InChI=1S/C17H15ClO3/c1-11-6-7-12(2)15(10-11)21-17-13(8-9-16(19)20)4-3-5-14(17)18/h3-10H,1-2H3,(H,19,20)/b9-8+. The van der Waals surface area contributed by atoms with E-state index < -0.39 is 5.97 Å². The van der Waals surface area contributed by atoms with Crippen LogP contribution in [-0.4, -0.2) is 11.1 Å². The second-order valence-corrected chi connectivity index (χ2v) is 5.11. The molecule has 0 aliphatic rings. The Hall–Kier alpha value is -2.26. The Labute approximate surface area is 128 Å². The number of benzene rings is 2. The van der Waals surface area contributed by atoms with Gasteiger partial charge in [-0.15, -0.1) is 0 Å². The molecule has 0 bridgehead atoms. The highest BCUT2D eigenvalue weighted by Gasteiger charge is 2.10. The summed E-state index contributed by atoms with van der Waals surface area (Å²) in [5.74, 6) is 0.131. The van der Waals surface area contributed by atoms with Crippen molar-refractivity contribution in [3.8, 4) is 11.5 Å². The van der Waals surface area contributed by atoms with Crippen LogP contribution in [0, 0.1) is 13.8 Å². The number of carboxylic acid groups (broad SMARTS) is 1. The molecule has 3 nitrogen and oxygen atoms in total. The molecule has 2 aromatic rings. The number of carbonyl (C=O) groups is 1. The molecule has 0 heterocycles. The summed E-state index contributed by atoms with van der Waals surface area (Å²) in [4.78, 5) is 10.7. The number of aryl methyl sites for hydroxylation is 2. The van der Waals surface area contributed by atoms with Crippen LogP contribution >= 0.6 is 11.6 Å². The van der Waals surface area contributed by atoms with Crippen LogP contribution < -0.4 is 4.74 Å². The van der Waals surface area contributed by atoms with Crippen LogP contribution in [0.3, 0.4) is 0 Å². The topological polar surface area (TPSA) is 46.5 Å². The molecule has 0 saturated carbocycles. The number of aliphatic carboxylic acids is 1. The molecule has 0 aromatic heterocycles. The number of halogens is 1. The molecule has 0 fully saturated rings. The number of ether oxygens (including phenoxy) is 1. The summed E-state index contributed by atoms with van der Waals surface area (Å²) in [5.41, 5.74) is 2.67. The molecule has 0 unspecified atom stereocenters. The number of carboxylic acids is 1. The molecule has 0 atom stereocenters. The molecule has 0 aliphatic carbocycles. The summed E-state index contributed by atoms with van der Waals surface area (Å²) >= 11 is 6.18. The first kappa shape index (κ1) is 15.1. The van der Waals surface area contributed by atoms with E-state index >= 15 is 0 Å². The Kier molecular flexibility index (Phi) is 4.66. The molecule has 0 spiro atoms. The minimum absolute atomic E-state index is 0.434. The molecular weight excluding hydrogens is 288 g/mol. The van der Waals surface area contributed by atoms with Gasteiger partial charge in [0.25, 0.3) is 0 Å². The molecule has 0 amide bonds. The number of para-hydroxylation sites is 1. The van der Waals surface area contributed by atoms with Gasteiger partial charge in [0.1, 0.15) is 5.75 Å². The molecule has 4 heteroatoms. The van der Waals surface area contributed by atoms with Crippen LogP contribution in [0.25, 0.3) is 6.08 Å². The summed E-state index contributed by atoms with van der Waals surface area (Å²) in [5, 5.41) is 9.18. The highest BCUT2D eigenvalue weighted by Crippen LogP contribution is 2.35. The normalized spacial score (nSPS) is 10.8. The maximum Gasteiger partial charge on any atom is 0.328 e. The molecule has 2 rings (SSSR count). The fraction of sp³-hybridized carbons (Fsp3) is 0.118. The van der Waals surface area contributed by atoms with Crippen molar-refractivity contribution in [2.45, 2.75) is 13.8 Å². The molecular formula is C17H15ClO3. The average Bonchev–Trinajstić information content (AvgIpc) is 2.43. The van der Waals surface area contributed by atoms with Gasteiger partial charge in [-0.05, 0) is 43.2 Å². The Morgan fingerprint density at radius 1 is 1.24 bits per heavy atom. The first-order valence-corrected chi connectivity index (χ1v) is 6.80. The van der Waals surface area contributed by atoms with Gasteiger partial charge >= 0.3 is 5.97 Å². The lowest BCUT2D eigenvalue weighted by Gasteiger charge is -2.13. The van der Waals surface area contributed by atoms with Gasteiger partial charge in [-0.1, -0.05) is 35.9 Å². The Morgan fingerprint density at radius 2 is 2.00 bits per heavy atom. The van der Waals surface area contributed by atoms with Crippen molar-refractivity contribution in [2.24, 2.45) is 0 Å². The summed E-state index contributed by atoms with van der Waals surface area (Å²) in [6.07, 6.45) is 2.52. The van der Waals surface area contributed by atoms with Gasteiger partial charge in [0, 0.05) is 11.6 Å². The van der Waals surface area contributed by atoms with Crippen LogP contribution in [0.5, 0.6) is 11.5 Å². The third-order valence-electron chi connectivity index (χ3n) is 2.96. The van der Waals surface area contributed by atoms with E-state index in [1.54, 1.807) is 18.2 Å². The fourth-order valence-electron chi connectivity index (χ4n) is 1.85. The van der Waals surface area contributed by atoms with Crippen LogP contribution in [0.1, 0.15) is 16.7 Å². The molecule has 0 saturated heterocycles. The average molecular weight is 303 g/mol. The minimum atomic E-state index is -1.02. The van der Waals surface area contributed by atoms with Gasteiger partial charge in [-0.2, -0.15) is 0 Å². The van der Waals surface area contributed by atoms with Crippen LogP contribution in [0.4, 0.5) is 0 Å². The van der Waals surface area contributed by atoms with E-state index in [9.17, 15) is 4.79 Å². The molecule has 2 aromatic carbocycles. The smallest absolute Gasteiger partial charge is 0.328 e. The molecule has 0 radical (unpaired) electrons. The third kappa shape index (κ3) is 3.86. The number of hydrogen-bond acceptors (Lipinski definition) is 2. The Morgan fingerprint density at radius 3 is 2.71 bits per heavy atom. The SMILES string of the molecule is Cc1ccc(C)c(Oc2c(Cl)cccc2/C=C/C(=O)O)c1. The largest absolute Gasteiger partial charge is 0.478 e. The van der Waals surface area contributed by atoms with E-state index in [4.69, 9.17) is 21.4 Å². The minimum Gasteiger partial charge on any atom is -0.478 e. The third-order valence-corrected chi connectivity index (χ3v) is 3.26. The zero-order valence-electron chi connectivity index (χ0n) is 11.8. The van der Waals surface area contributed by atoms with E-state index in [0.29, 0.717) is 22.1 Å². The second-order valence-electron chi connectivity index (χ2n) is 4.70. The van der Waals surface area contributed by atoms with E-state index in [1.807, 2.05) is 32.0 Å². The van der Waals surface area contributed by atoms with Crippen molar-refractivity contribution in [3.63, 3.8) is 0 Å². The highest BCUT2D eigenvalue weighted by molar-refractivity contribution is 6.32. The van der Waals surface area contributed by atoms with Crippen molar-refractivity contribution < 1.29 is 14.6 Å². The second kappa shape index (κ2) is 6.46. The summed E-state index contributed by atoms with van der Waals surface area (Å²) in [6, 6.07) is 11.1. The van der Waals surface area contributed by atoms with E-state index in [0.717, 1.165) is 17.2 Å². The van der Waals surface area contributed by atoms with Gasteiger partial charge in [-0.25, -0.2) is 4.79 Å². The van der Waals surface area contributed by atoms with Crippen molar-refractivity contribution >= 4 is 23.6 Å². The van der Waals surface area contributed by atoms with Crippen molar-refractivity contribution in [3.05, 3.63) is 64.2 Å². The highest BCUT2D eigenvalue weighted by atomic mass is 35.5. The zero-order valence-corrected chi connectivity index (χ0v) is 12.5. The maximum absolute atomic E-state index is 10.7. The first-order chi connectivity index (χ1) is 9.97. The number of hydrogen-bond donors (Lipinski definition) is 1. The first-order valence-electron chi connectivity index (χ1n) is 6.42.